The molecule has 0 bridgehead atoms. The summed E-state index contributed by atoms with van der Waals surface area (Å²) in [6, 6.07) is 9.93. The molecule has 0 aliphatic carbocycles. The lowest BCUT2D eigenvalue weighted by atomic mass is 10.1. The van der Waals surface area contributed by atoms with Crippen molar-refractivity contribution in [1.29, 1.82) is 0 Å². The molecule has 3 nitrogen and oxygen atoms in total. The number of anilines is 1. The topological polar surface area (TPSA) is 38.3 Å². The fourth-order valence-electron chi connectivity index (χ4n) is 1.43. The van der Waals surface area contributed by atoms with Crippen molar-refractivity contribution in [3.05, 3.63) is 43.0 Å². The molecule has 0 heterocycles. The van der Waals surface area contributed by atoms with Crippen molar-refractivity contribution in [2.75, 3.05) is 11.9 Å². The van der Waals surface area contributed by atoms with Crippen LogP contribution in [0.25, 0.3) is 0 Å². The first-order valence-corrected chi connectivity index (χ1v) is 5.68. The van der Waals surface area contributed by atoms with E-state index in [0.717, 1.165) is 18.7 Å². The van der Waals surface area contributed by atoms with Crippen LogP contribution in [-0.4, -0.2) is 18.1 Å². The first-order chi connectivity index (χ1) is 8.03. The van der Waals surface area contributed by atoms with Gasteiger partial charge in [0.15, 0.2) is 0 Å². The van der Waals surface area contributed by atoms with E-state index >= 15 is 0 Å². The molecule has 0 fully saturated rings. The van der Waals surface area contributed by atoms with Crippen LogP contribution in [0.3, 0.4) is 0 Å². The Bertz CT molecular complexity index is 371. The molecule has 1 N–H and O–H groups in total. The fourth-order valence-corrected chi connectivity index (χ4v) is 1.43. The molecule has 1 rings (SSSR count). The monoisotopic (exact) mass is 233 g/mol. The highest BCUT2D eigenvalue weighted by atomic mass is 16.6. The van der Waals surface area contributed by atoms with Crippen LogP contribution in [0.1, 0.15) is 20.3 Å². The number of hydrogen-bond donors (Lipinski definition) is 1. The summed E-state index contributed by atoms with van der Waals surface area (Å²) in [5, 5.41) is 3.27. The van der Waals surface area contributed by atoms with Crippen molar-refractivity contribution in [2.45, 2.75) is 25.9 Å². The van der Waals surface area contributed by atoms with Gasteiger partial charge in [-0.3, -0.25) is 0 Å². The molecule has 0 saturated carbocycles. The van der Waals surface area contributed by atoms with Crippen LogP contribution < -0.4 is 5.32 Å². The molecular weight excluding hydrogens is 214 g/mol. The molecular formula is C14H19NO2. The number of benzene rings is 1. The van der Waals surface area contributed by atoms with Crippen LogP contribution in [0.5, 0.6) is 0 Å². The van der Waals surface area contributed by atoms with E-state index in [1.54, 1.807) is 0 Å². The first-order valence-electron chi connectivity index (χ1n) is 5.68. The molecule has 0 unspecified atom stereocenters. The number of para-hydroxylation sites is 1. The van der Waals surface area contributed by atoms with E-state index in [-0.39, 0.29) is 5.97 Å². The number of rotatable bonds is 6. The predicted octanol–water partition coefficient (Wildman–Crippen LogP) is 3.00. The molecule has 0 saturated heterocycles. The second kappa shape index (κ2) is 6.09. The highest BCUT2D eigenvalue weighted by Gasteiger charge is 2.20. The Morgan fingerprint density at radius 1 is 1.41 bits per heavy atom. The summed E-state index contributed by atoms with van der Waals surface area (Å²) in [6.07, 6.45) is 1.92. The maximum absolute atomic E-state index is 11.1. The minimum absolute atomic E-state index is 0.380. The second-order valence-corrected chi connectivity index (χ2v) is 4.43. The molecule has 92 valence electrons. The number of nitrogens with one attached hydrogen (secondary N) is 1. The van der Waals surface area contributed by atoms with Gasteiger partial charge in [-0.1, -0.05) is 24.8 Å². The highest BCUT2D eigenvalue weighted by molar-refractivity contribution is 5.81. The lowest BCUT2D eigenvalue weighted by Gasteiger charge is -2.24. The molecule has 0 radical (unpaired) electrons. The Labute approximate surface area is 102 Å². The third-order valence-corrected chi connectivity index (χ3v) is 2.37. The summed E-state index contributed by atoms with van der Waals surface area (Å²) in [7, 11) is 0. The van der Waals surface area contributed by atoms with E-state index in [9.17, 15) is 4.79 Å². The summed E-state index contributed by atoms with van der Waals surface area (Å²) in [5.74, 6) is -0.380. The number of hydrogen-bond acceptors (Lipinski definition) is 3. The minimum atomic E-state index is -0.479. The maximum atomic E-state index is 11.1. The number of esters is 1. The Kier molecular flexibility index (Phi) is 4.76. The average molecular weight is 233 g/mol. The zero-order valence-electron chi connectivity index (χ0n) is 10.4. The number of carbonyl (C=O) groups is 1. The summed E-state index contributed by atoms with van der Waals surface area (Å²) >= 11 is 0. The molecule has 0 spiro atoms. The van der Waals surface area contributed by atoms with Crippen LogP contribution >= 0.6 is 0 Å². The van der Waals surface area contributed by atoms with Gasteiger partial charge in [0.05, 0.1) is 0 Å². The minimum Gasteiger partial charge on any atom is -0.456 e. The zero-order chi connectivity index (χ0) is 12.7. The first kappa shape index (κ1) is 13.3. The van der Waals surface area contributed by atoms with Crippen LogP contribution in [0.4, 0.5) is 5.69 Å². The van der Waals surface area contributed by atoms with Gasteiger partial charge in [-0.2, -0.15) is 0 Å². The van der Waals surface area contributed by atoms with Gasteiger partial charge < -0.3 is 10.1 Å². The molecule has 3 heteroatoms. The van der Waals surface area contributed by atoms with Gasteiger partial charge in [-0.05, 0) is 26.0 Å². The molecule has 17 heavy (non-hydrogen) atoms. The van der Waals surface area contributed by atoms with E-state index < -0.39 is 5.60 Å². The molecule has 0 aliphatic rings. The largest absolute Gasteiger partial charge is 0.456 e. The van der Waals surface area contributed by atoms with E-state index in [4.69, 9.17) is 4.74 Å². The quantitative estimate of drug-likeness (QED) is 0.606. The summed E-state index contributed by atoms with van der Waals surface area (Å²) < 4.78 is 5.23. The van der Waals surface area contributed by atoms with Crippen molar-refractivity contribution in [1.82, 2.24) is 0 Å². The van der Waals surface area contributed by atoms with Crippen molar-refractivity contribution >= 4 is 11.7 Å². The van der Waals surface area contributed by atoms with Gasteiger partial charge in [-0.25, -0.2) is 4.79 Å². The van der Waals surface area contributed by atoms with Crippen LogP contribution in [0.15, 0.2) is 43.0 Å². The normalized spacial score (nSPS) is 10.7. The summed E-state index contributed by atoms with van der Waals surface area (Å²) in [5.41, 5.74) is 0.589. The summed E-state index contributed by atoms with van der Waals surface area (Å²) in [4.78, 5) is 11.1. The van der Waals surface area contributed by atoms with Crippen molar-refractivity contribution in [2.24, 2.45) is 0 Å². The Balaban J connectivity index is 2.35. The van der Waals surface area contributed by atoms with Crippen LogP contribution in [-0.2, 0) is 9.53 Å². The van der Waals surface area contributed by atoms with Gasteiger partial charge >= 0.3 is 5.97 Å². The van der Waals surface area contributed by atoms with E-state index in [1.165, 1.54) is 6.08 Å². The SMILES string of the molecule is C=CC(=O)OC(C)(C)CCNc1ccccc1. The molecule has 0 amide bonds. The second-order valence-electron chi connectivity index (χ2n) is 4.43. The maximum Gasteiger partial charge on any atom is 0.330 e. The Hall–Kier alpha value is -1.77. The Morgan fingerprint density at radius 2 is 2.06 bits per heavy atom. The van der Waals surface area contributed by atoms with Gasteiger partial charge in [0.1, 0.15) is 5.60 Å². The van der Waals surface area contributed by atoms with Gasteiger partial charge in [0.2, 0.25) is 0 Å². The standard InChI is InChI=1S/C14H19NO2/c1-4-13(16)17-14(2,3)10-11-15-12-8-6-5-7-9-12/h4-9,15H,1,10-11H2,2-3H3. The van der Waals surface area contributed by atoms with Gasteiger partial charge in [0, 0.05) is 24.7 Å². The van der Waals surface area contributed by atoms with Crippen molar-refractivity contribution in [3.63, 3.8) is 0 Å². The van der Waals surface area contributed by atoms with Crippen LogP contribution in [0.2, 0.25) is 0 Å². The fraction of sp³-hybridized carbons (Fsp3) is 0.357. The highest BCUT2D eigenvalue weighted by Crippen LogP contribution is 2.15. The van der Waals surface area contributed by atoms with E-state index in [1.807, 2.05) is 44.2 Å². The van der Waals surface area contributed by atoms with Gasteiger partial charge in [-0.15, -0.1) is 0 Å². The van der Waals surface area contributed by atoms with Crippen molar-refractivity contribution in [3.8, 4) is 0 Å². The third-order valence-electron chi connectivity index (χ3n) is 2.37. The lowest BCUT2D eigenvalue weighted by molar-refractivity contribution is -0.150. The zero-order valence-corrected chi connectivity index (χ0v) is 10.4. The van der Waals surface area contributed by atoms with Crippen molar-refractivity contribution < 1.29 is 9.53 Å². The smallest absolute Gasteiger partial charge is 0.330 e. The van der Waals surface area contributed by atoms with E-state index in [0.29, 0.717) is 0 Å². The molecule has 0 atom stereocenters. The number of ether oxygens (including phenoxy) is 1. The predicted molar refractivity (Wildman–Crippen MR) is 69.9 cm³/mol. The third kappa shape index (κ3) is 5.20. The molecule has 1 aromatic rings. The summed E-state index contributed by atoms with van der Waals surface area (Å²) in [6.45, 7) is 7.91. The van der Waals surface area contributed by atoms with Gasteiger partial charge in [0.25, 0.3) is 0 Å². The average Bonchev–Trinajstić information content (AvgIpc) is 2.29. The number of carbonyl (C=O) groups excluding carboxylic acids is 1. The lowest BCUT2D eigenvalue weighted by Crippen LogP contribution is -2.29. The molecule has 1 aromatic carbocycles. The van der Waals surface area contributed by atoms with Crippen LogP contribution in [0, 0.1) is 0 Å². The molecule has 0 aromatic heterocycles. The Morgan fingerprint density at radius 3 is 2.65 bits per heavy atom. The van der Waals surface area contributed by atoms with E-state index in [2.05, 4.69) is 11.9 Å². The molecule has 0 aliphatic heterocycles.